The first kappa shape index (κ1) is 43.3. The Morgan fingerprint density at radius 2 is 1.45 bits per heavy atom. The lowest BCUT2D eigenvalue weighted by molar-refractivity contribution is -0.131. The van der Waals surface area contributed by atoms with Crippen LogP contribution in [0.25, 0.3) is 0 Å². The molecule has 0 aliphatic carbocycles. The van der Waals surface area contributed by atoms with Crippen molar-refractivity contribution < 1.29 is 48.1 Å². The number of aliphatic hydroxyl groups excluding tert-OH is 1. The zero-order valence-electron chi connectivity index (χ0n) is 18.4. The molecule has 0 aromatic carbocycles. The number of hydrogen-bond acceptors (Lipinski definition) is 13. The molecule has 0 spiro atoms. The van der Waals surface area contributed by atoms with E-state index in [2.05, 4.69) is 18.4 Å². The quantitative estimate of drug-likeness (QED) is 0.0878. The van der Waals surface area contributed by atoms with Gasteiger partial charge >= 0.3 is 11.4 Å². The Balaban J connectivity index is -0.000000219. The minimum atomic E-state index is -2.52. The number of nitrogens with zero attached hydrogens (tertiary/aromatic N) is 4. The molecule has 0 aliphatic heterocycles. The van der Waals surface area contributed by atoms with E-state index in [1.165, 1.54) is 19.0 Å². The van der Waals surface area contributed by atoms with Gasteiger partial charge in [0.2, 0.25) is 12.8 Å². The summed E-state index contributed by atoms with van der Waals surface area (Å²) >= 11 is 21.6. The molecule has 4 amide bonds. The van der Waals surface area contributed by atoms with Gasteiger partial charge in [0.1, 0.15) is 26.5 Å². The third-order valence-corrected chi connectivity index (χ3v) is 6.50. The summed E-state index contributed by atoms with van der Waals surface area (Å²) in [6.45, 7) is -0.0995. The Hall–Kier alpha value is -1.75. The number of amides is 4. The number of aliphatic hydroxyl groups is 1. The number of nitrogens with two attached hydrogens (primary N) is 1. The fourth-order valence-corrected chi connectivity index (χ4v) is 3.36. The van der Waals surface area contributed by atoms with Crippen LogP contribution in [-0.2, 0) is 25.3 Å². The summed E-state index contributed by atoms with van der Waals surface area (Å²) in [5, 5.41) is 18.1. The average Bonchev–Trinajstić information content (AvgIpc) is 3.38. The smallest absolute Gasteiger partial charge is 0.330 e. The maximum atomic E-state index is 11.5. The third kappa shape index (κ3) is 18.5. The van der Waals surface area contributed by atoms with Crippen molar-refractivity contribution >= 4 is 105 Å². The highest BCUT2D eigenvalue weighted by Gasteiger charge is 2.17. The molecular weight excluding hydrogens is 662 g/mol. The minimum absolute atomic E-state index is 0. The zero-order valence-corrected chi connectivity index (χ0v) is 23.9. The number of nitrogens with one attached hydrogen (secondary N) is 1. The number of halogens is 4. The van der Waals surface area contributed by atoms with Crippen molar-refractivity contribution in [1.82, 2.24) is 23.9 Å². The number of hydrogen-bond donors (Lipinski definition) is 5. The molecule has 220 valence electrons. The lowest BCUT2D eigenvalue weighted by Crippen LogP contribution is -2.34. The second-order valence-electron chi connectivity index (χ2n) is 5.42. The van der Waals surface area contributed by atoms with Crippen LogP contribution in [0.1, 0.15) is 26.8 Å². The predicted octanol–water partition coefficient (Wildman–Crippen LogP) is 1.87. The van der Waals surface area contributed by atoms with Crippen LogP contribution in [0.5, 0.6) is 0 Å². The van der Waals surface area contributed by atoms with Crippen LogP contribution in [0, 0.1) is 0 Å². The van der Waals surface area contributed by atoms with Gasteiger partial charge in [0.25, 0.3) is 11.8 Å². The molecule has 2 aromatic heterocycles. The van der Waals surface area contributed by atoms with Crippen LogP contribution >= 0.6 is 69.5 Å². The van der Waals surface area contributed by atoms with E-state index in [0.29, 0.717) is 12.8 Å². The van der Waals surface area contributed by atoms with Crippen LogP contribution < -0.4 is 11.1 Å². The Morgan fingerprint density at radius 3 is 1.66 bits per heavy atom. The van der Waals surface area contributed by atoms with Crippen molar-refractivity contribution in [3.8, 4) is 0 Å². The summed E-state index contributed by atoms with van der Waals surface area (Å²) in [5.74, 6) is -1.01. The molecule has 1 unspecified atom stereocenters. The molecule has 23 heteroatoms. The Bertz CT molecular complexity index is 1020. The predicted molar refractivity (Wildman–Crippen MR) is 143 cm³/mol. The molecule has 2 rings (SSSR count). The first-order chi connectivity index (χ1) is 16.8. The summed E-state index contributed by atoms with van der Waals surface area (Å²) in [6.07, 6.45) is 1.15. The summed E-state index contributed by atoms with van der Waals surface area (Å²) in [6, 6.07) is 0. The molecule has 2 aromatic rings. The van der Waals surface area contributed by atoms with Crippen molar-refractivity contribution in [1.29, 1.82) is 0 Å². The summed E-state index contributed by atoms with van der Waals surface area (Å²) in [5.41, 5.74) is 4.92. The van der Waals surface area contributed by atoms with Gasteiger partial charge in [-0.15, -0.1) is 4.33 Å². The lowest BCUT2D eigenvalue weighted by Gasteiger charge is -2.10. The molecule has 0 saturated carbocycles. The highest BCUT2D eigenvalue weighted by Crippen LogP contribution is 2.28. The second-order valence-corrected chi connectivity index (χ2v) is 9.02. The van der Waals surface area contributed by atoms with Gasteiger partial charge in [-0.1, -0.05) is 53.8 Å². The molecule has 0 aliphatic rings. The number of rotatable bonds is 8. The van der Waals surface area contributed by atoms with Gasteiger partial charge in [0.15, 0.2) is 10.3 Å². The molecule has 38 heavy (non-hydrogen) atoms. The highest BCUT2D eigenvalue weighted by molar-refractivity contribution is 7.74. The van der Waals surface area contributed by atoms with Crippen LogP contribution in [0.3, 0.4) is 0 Å². The Kier molecular flexibility index (Phi) is 27.7. The van der Waals surface area contributed by atoms with E-state index in [9.17, 15) is 19.2 Å². The maximum Gasteiger partial charge on any atom is 0.330 e. The second kappa shape index (κ2) is 24.3. The highest BCUT2D eigenvalue weighted by atomic mass is 35.5. The molecular formula is C15H23Cl4N6O10S3-. The van der Waals surface area contributed by atoms with E-state index in [4.69, 9.17) is 71.3 Å². The van der Waals surface area contributed by atoms with E-state index < -0.39 is 23.2 Å². The van der Waals surface area contributed by atoms with Gasteiger partial charge in [-0.3, -0.25) is 23.7 Å². The summed E-state index contributed by atoms with van der Waals surface area (Å²) < 4.78 is 26.5. The van der Waals surface area contributed by atoms with E-state index in [-0.39, 0.29) is 56.4 Å². The normalized spacial score (nSPS) is 9.61. The minimum Gasteiger partial charge on any atom is -0.870 e. The van der Waals surface area contributed by atoms with Crippen LogP contribution in [0.4, 0.5) is 0 Å². The third-order valence-electron chi connectivity index (χ3n) is 2.76. The fraction of sp³-hybridized carbons (Fsp3) is 0.333. The molecule has 2 heterocycles. The zero-order chi connectivity index (χ0) is 28.4. The van der Waals surface area contributed by atoms with Crippen LogP contribution in [0.15, 0.2) is 0 Å². The van der Waals surface area contributed by atoms with E-state index in [1.807, 2.05) is 0 Å². The van der Waals surface area contributed by atoms with Crippen LogP contribution in [-0.4, -0.2) is 95.3 Å². The van der Waals surface area contributed by atoms with Crippen molar-refractivity contribution in [2.45, 2.75) is 7.43 Å². The molecule has 0 radical (unpaired) electrons. The van der Waals surface area contributed by atoms with Crippen molar-refractivity contribution in [3.63, 3.8) is 0 Å². The lowest BCUT2D eigenvalue weighted by atomic mass is 10.4. The first-order valence-electron chi connectivity index (χ1n) is 8.31. The van der Waals surface area contributed by atoms with E-state index >= 15 is 0 Å². The van der Waals surface area contributed by atoms with Gasteiger partial charge in [0.05, 0.1) is 6.67 Å². The molecule has 0 bridgehead atoms. The van der Waals surface area contributed by atoms with Gasteiger partial charge in [-0.25, -0.2) is 5.26 Å². The number of primary amides is 1. The van der Waals surface area contributed by atoms with Crippen molar-refractivity contribution in [2.24, 2.45) is 5.73 Å². The topological polar surface area (TPSA) is 256 Å². The summed E-state index contributed by atoms with van der Waals surface area (Å²) in [7, 11) is 3.03. The van der Waals surface area contributed by atoms with E-state index in [0.717, 1.165) is 28.0 Å². The Labute approximate surface area is 247 Å². The van der Waals surface area contributed by atoms with Gasteiger partial charge < -0.3 is 31.4 Å². The molecule has 0 saturated heterocycles. The van der Waals surface area contributed by atoms with Crippen molar-refractivity contribution in [3.05, 3.63) is 30.1 Å². The number of aromatic nitrogens is 2. The largest absolute Gasteiger partial charge is 0.870 e. The fourth-order valence-electron chi connectivity index (χ4n) is 1.16. The summed E-state index contributed by atoms with van der Waals surface area (Å²) in [4.78, 5) is 44.5. The number of carbonyl (C=O) groups is 4. The standard InChI is InChI=1S/C7H7Cl2N3O2S.C4H2Cl2N2OS.C3H7NO2.CH4.H2O4S.H2O/c1-12(3-13)2-10-7(14)5-4(8)6(9)11-15-5;5-1-2(4(7)9)10-8-3(1)6;1-4(2-5)3-6;;1-4-5(2)3;/h3H,2H2,1H3,(H,10,14);(H2,7,9);2,6H,3H2,1H3;1H4;1H,(H,2,3);1H2/p-1. The molecule has 0 fully saturated rings. The SMILES string of the molecule is C.CN(C=O)CNC(=O)c1snc(Cl)c1Cl.CN(C=O)CO.NC(=O)c1snc(Cl)c1Cl.O=S(O)OO.[OH-]. The van der Waals surface area contributed by atoms with Crippen LogP contribution in [0.2, 0.25) is 20.4 Å². The maximum absolute atomic E-state index is 11.5. The average molecular weight is 685 g/mol. The molecule has 1 atom stereocenters. The first-order valence-corrected chi connectivity index (χ1v) is 12.4. The molecule has 7 N–H and O–H groups in total. The monoisotopic (exact) mass is 683 g/mol. The van der Waals surface area contributed by atoms with Gasteiger partial charge in [-0.2, -0.15) is 13.0 Å². The Morgan fingerprint density at radius 1 is 1.05 bits per heavy atom. The number of carbonyl (C=O) groups excluding carboxylic acids is 4. The van der Waals surface area contributed by atoms with Gasteiger partial charge in [0, 0.05) is 14.1 Å². The molecule has 16 nitrogen and oxygen atoms in total. The van der Waals surface area contributed by atoms with E-state index in [1.54, 1.807) is 0 Å². The van der Waals surface area contributed by atoms with Gasteiger partial charge in [-0.05, 0) is 23.1 Å². The van der Waals surface area contributed by atoms with Crippen molar-refractivity contribution in [2.75, 3.05) is 27.5 Å².